The van der Waals surface area contributed by atoms with Gasteiger partial charge in [-0.3, -0.25) is 4.79 Å². The number of urea groups is 1. The molecule has 0 aliphatic carbocycles. The molecule has 13 heteroatoms. The second kappa shape index (κ2) is 12.3. The molecule has 45 heavy (non-hydrogen) atoms. The van der Waals surface area contributed by atoms with E-state index in [1.807, 2.05) is 24.3 Å². The van der Waals surface area contributed by atoms with E-state index in [0.29, 0.717) is 43.8 Å². The summed E-state index contributed by atoms with van der Waals surface area (Å²) < 4.78 is 54.2. The molecule has 3 N–H and O–H groups in total. The molecule has 3 aliphatic rings. The maximum atomic E-state index is 14.0. The van der Waals surface area contributed by atoms with Gasteiger partial charge < -0.3 is 30.1 Å². The Labute approximate surface area is 261 Å². The largest absolute Gasteiger partial charge is 0.497 e. The first-order chi connectivity index (χ1) is 21.6. The number of aliphatic hydroxyl groups excluding tert-OH is 1. The quantitative estimate of drug-likeness (QED) is 0.399. The SMILES string of the molecule is COc1cccc(-c2ccc3c(c2)OCCC2(CCN(C(=O)Nc4cccc(F)c4)CC2)NC(=O)[C@@H]2C[C@@H](O)CN2S3(=O)=O)c1. The number of nitrogens with zero attached hydrogens (tertiary/aromatic N) is 2. The van der Waals surface area contributed by atoms with Gasteiger partial charge in [-0.05, 0) is 66.4 Å². The zero-order chi connectivity index (χ0) is 31.8. The number of likely N-dealkylation sites (tertiary alicyclic amines) is 1. The number of anilines is 1. The van der Waals surface area contributed by atoms with Crippen LogP contribution in [0.5, 0.6) is 11.5 Å². The predicted octanol–water partition coefficient (Wildman–Crippen LogP) is 3.59. The highest BCUT2D eigenvalue weighted by Crippen LogP contribution is 2.38. The Morgan fingerprint density at radius 2 is 1.82 bits per heavy atom. The Hall–Kier alpha value is -4.20. The maximum Gasteiger partial charge on any atom is 0.321 e. The first-order valence-electron chi connectivity index (χ1n) is 14.8. The summed E-state index contributed by atoms with van der Waals surface area (Å²) in [4.78, 5) is 28.2. The number of hydrogen-bond acceptors (Lipinski definition) is 7. The molecular weight excluding hydrogens is 603 g/mol. The van der Waals surface area contributed by atoms with Crippen LogP contribution in [0.2, 0.25) is 0 Å². The van der Waals surface area contributed by atoms with Gasteiger partial charge in [0.15, 0.2) is 0 Å². The number of rotatable bonds is 3. The number of ether oxygens (including phenoxy) is 2. The Bertz CT molecular complexity index is 1710. The Kier molecular flexibility index (Phi) is 8.42. The second-order valence-electron chi connectivity index (χ2n) is 11.7. The molecule has 0 bridgehead atoms. The number of methoxy groups -OCH3 is 1. The van der Waals surface area contributed by atoms with Crippen molar-refractivity contribution in [3.63, 3.8) is 0 Å². The molecule has 3 aromatic carbocycles. The van der Waals surface area contributed by atoms with Crippen LogP contribution in [0.15, 0.2) is 71.6 Å². The molecule has 0 radical (unpaired) electrons. The third-order valence-corrected chi connectivity index (χ3v) is 10.7. The number of fused-ring (bicyclic) bond motifs is 2. The van der Waals surface area contributed by atoms with Gasteiger partial charge >= 0.3 is 6.03 Å². The van der Waals surface area contributed by atoms with Gasteiger partial charge in [-0.25, -0.2) is 17.6 Å². The molecule has 3 aromatic rings. The summed E-state index contributed by atoms with van der Waals surface area (Å²) in [6.45, 7) is 0.478. The van der Waals surface area contributed by atoms with Crippen LogP contribution in [0.25, 0.3) is 11.1 Å². The van der Waals surface area contributed by atoms with Crippen molar-refractivity contribution in [2.45, 2.75) is 48.3 Å². The smallest absolute Gasteiger partial charge is 0.321 e. The van der Waals surface area contributed by atoms with E-state index in [0.717, 1.165) is 15.4 Å². The zero-order valence-corrected chi connectivity index (χ0v) is 25.6. The lowest BCUT2D eigenvalue weighted by Crippen LogP contribution is -2.60. The van der Waals surface area contributed by atoms with E-state index in [1.54, 1.807) is 30.2 Å². The Morgan fingerprint density at radius 1 is 1.07 bits per heavy atom. The number of aliphatic hydroxyl groups is 1. The van der Waals surface area contributed by atoms with Crippen molar-refractivity contribution in [1.29, 1.82) is 0 Å². The van der Waals surface area contributed by atoms with Gasteiger partial charge in [0.2, 0.25) is 15.9 Å². The van der Waals surface area contributed by atoms with E-state index in [9.17, 15) is 27.5 Å². The molecule has 6 rings (SSSR count). The number of nitrogens with one attached hydrogen (secondary N) is 2. The summed E-state index contributed by atoms with van der Waals surface area (Å²) in [5.41, 5.74) is 1.08. The van der Waals surface area contributed by atoms with Crippen LogP contribution in [-0.4, -0.2) is 85.7 Å². The van der Waals surface area contributed by atoms with Gasteiger partial charge in [0, 0.05) is 43.7 Å². The summed E-state index contributed by atoms with van der Waals surface area (Å²) in [6, 6.07) is 16.3. The van der Waals surface area contributed by atoms with Crippen LogP contribution in [0.1, 0.15) is 25.7 Å². The molecule has 2 atom stereocenters. The first kappa shape index (κ1) is 30.8. The van der Waals surface area contributed by atoms with Gasteiger partial charge in [0.25, 0.3) is 0 Å². The van der Waals surface area contributed by atoms with Gasteiger partial charge in [-0.2, -0.15) is 4.31 Å². The Morgan fingerprint density at radius 3 is 2.58 bits per heavy atom. The van der Waals surface area contributed by atoms with Crippen molar-refractivity contribution < 1.29 is 37.0 Å². The van der Waals surface area contributed by atoms with Crippen LogP contribution in [-0.2, 0) is 14.8 Å². The molecule has 2 fully saturated rings. The van der Waals surface area contributed by atoms with Crippen LogP contribution in [0.3, 0.4) is 0 Å². The third kappa shape index (κ3) is 6.33. The lowest BCUT2D eigenvalue weighted by Gasteiger charge is -2.43. The second-order valence-corrected chi connectivity index (χ2v) is 13.5. The van der Waals surface area contributed by atoms with E-state index in [-0.39, 0.29) is 36.2 Å². The molecule has 3 amide bonds. The normalized spacial score (nSPS) is 22.7. The van der Waals surface area contributed by atoms with Crippen molar-refractivity contribution in [2.75, 3.05) is 38.7 Å². The standard InChI is InChI=1S/C32H35FN4O7S/c1-43-26-7-2-4-21(16-26)22-8-9-29-28(17-22)44-15-12-32(35-30(39)27-19-25(38)20-37(27)45(29,41)42)10-13-36(14-11-32)31(40)34-24-6-3-5-23(33)18-24/h2-9,16-18,25,27,38H,10-15,19-20H2,1H3,(H,34,40)(H,35,39)/t25-,27+/m1/s1. The highest BCUT2D eigenvalue weighted by Gasteiger charge is 2.47. The van der Waals surface area contributed by atoms with Crippen LogP contribution >= 0.6 is 0 Å². The predicted molar refractivity (Wildman–Crippen MR) is 164 cm³/mol. The van der Waals surface area contributed by atoms with Crippen LogP contribution in [0, 0.1) is 5.82 Å². The summed E-state index contributed by atoms with van der Waals surface area (Å²) >= 11 is 0. The molecule has 2 saturated heterocycles. The molecule has 11 nitrogen and oxygen atoms in total. The van der Waals surface area contributed by atoms with Crippen molar-refractivity contribution >= 4 is 27.6 Å². The zero-order valence-electron chi connectivity index (χ0n) is 24.7. The number of sulfonamides is 1. The highest BCUT2D eigenvalue weighted by molar-refractivity contribution is 7.89. The fourth-order valence-electron chi connectivity index (χ4n) is 6.28. The number of hydrogen-bond donors (Lipinski definition) is 3. The van der Waals surface area contributed by atoms with Gasteiger partial charge in [-0.15, -0.1) is 0 Å². The summed E-state index contributed by atoms with van der Waals surface area (Å²) in [5.74, 6) is -0.166. The molecule has 0 aromatic heterocycles. The third-order valence-electron chi connectivity index (χ3n) is 8.78. The number of halogens is 1. The maximum absolute atomic E-state index is 14.0. The monoisotopic (exact) mass is 638 g/mol. The van der Waals surface area contributed by atoms with Gasteiger partial charge in [0.05, 0.1) is 19.8 Å². The highest BCUT2D eigenvalue weighted by atomic mass is 32.2. The van der Waals surface area contributed by atoms with E-state index in [2.05, 4.69) is 10.6 Å². The van der Waals surface area contributed by atoms with Crippen molar-refractivity contribution in [2.24, 2.45) is 0 Å². The van der Waals surface area contributed by atoms with Crippen molar-refractivity contribution in [3.05, 3.63) is 72.5 Å². The lowest BCUT2D eigenvalue weighted by atomic mass is 9.84. The number of benzene rings is 3. The fraction of sp³-hybridized carbons (Fsp3) is 0.375. The van der Waals surface area contributed by atoms with E-state index >= 15 is 0 Å². The number of carbonyl (C=O) groups excluding carboxylic acids is 2. The molecule has 238 valence electrons. The molecule has 0 saturated carbocycles. The lowest BCUT2D eigenvalue weighted by molar-refractivity contribution is -0.127. The number of amides is 3. The number of piperidine rings is 1. The minimum atomic E-state index is -4.23. The molecule has 0 unspecified atom stereocenters. The average molecular weight is 639 g/mol. The van der Waals surface area contributed by atoms with E-state index in [4.69, 9.17) is 9.47 Å². The summed E-state index contributed by atoms with van der Waals surface area (Å²) in [7, 11) is -2.67. The molecule has 1 spiro atoms. The first-order valence-corrected chi connectivity index (χ1v) is 16.3. The topological polar surface area (TPSA) is 138 Å². The summed E-state index contributed by atoms with van der Waals surface area (Å²) in [5, 5.41) is 16.3. The fourth-order valence-corrected chi connectivity index (χ4v) is 8.03. The summed E-state index contributed by atoms with van der Waals surface area (Å²) in [6.07, 6.45) is 0.0788. The molecular formula is C32H35FN4O7S. The van der Waals surface area contributed by atoms with Crippen LogP contribution < -0.4 is 20.1 Å². The van der Waals surface area contributed by atoms with E-state index in [1.165, 1.54) is 24.3 Å². The van der Waals surface area contributed by atoms with Gasteiger partial charge in [0.1, 0.15) is 28.3 Å². The minimum absolute atomic E-state index is 0.0403. The molecule has 3 heterocycles. The van der Waals surface area contributed by atoms with Crippen LogP contribution in [0.4, 0.5) is 14.9 Å². The molecule has 3 aliphatic heterocycles. The van der Waals surface area contributed by atoms with Crippen molar-refractivity contribution in [1.82, 2.24) is 14.5 Å². The van der Waals surface area contributed by atoms with Gasteiger partial charge in [-0.1, -0.05) is 24.3 Å². The Balaban J connectivity index is 1.28. The van der Waals surface area contributed by atoms with E-state index < -0.39 is 39.4 Å². The van der Waals surface area contributed by atoms with Crippen molar-refractivity contribution in [3.8, 4) is 22.6 Å². The number of carbonyl (C=O) groups is 2. The minimum Gasteiger partial charge on any atom is -0.497 e. The average Bonchev–Trinajstić information content (AvgIpc) is 3.43.